The van der Waals surface area contributed by atoms with Crippen LogP contribution in [-0.4, -0.2) is 50.0 Å². The Morgan fingerprint density at radius 2 is 2.29 bits per heavy atom. The summed E-state index contributed by atoms with van der Waals surface area (Å²) in [5.74, 6) is 1.58. The molecule has 0 spiro atoms. The molecule has 0 saturated heterocycles. The second kappa shape index (κ2) is 8.41. The first-order valence-electron chi connectivity index (χ1n) is 7.79. The minimum absolute atomic E-state index is 0.171. The van der Waals surface area contributed by atoms with Gasteiger partial charge in [-0.15, -0.1) is 0 Å². The largest absolute Gasteiger partial charge is 0.383 e. The highest BCUT2D eigenvalue weighted by molar-refractivity contribution is 5.21. The van der Waals surface area contributed by atoms with Gasteiger partial charge in [-0.25, -0.2) is 9.97 Å². The van der Waals surface area contributed by atoms with E-state index in [2.05, 4.69) is 10.3 Å². The Hall–Kier alpha value is -1.04. The maximum Gasteiger partial charge on any atom is 0.131 e. The second-order valence-electron chi connectivity index (χ2n) is 5.81. The van der Waals surface area contributed by atoms with Gasteiger partial charge in [-0.2, -0.15) is 0 Å². The van der Waals surface area contributed by atoms with Gasteiger partial charge >= 0.3 is 0 Å². The highest BCUT2D eigenvalue weighted by atomic mass is 16.5. The lowest BCUT2D eigenvalue weighted by Gasteiger charge is -2.24. The molecule has 0 bridgehead atoms. The third-order valence-corrected chi connectivity index (χ3v) is 4.09. The van der Waals surface area contributed by atoms with Crippen molar-refractivity contribution in [1.82, 2.24) is 15.3 Å². The van der Waals surface area contributed by atoms with Crippen molar-refractivity contribution >= 4 is 0 Å². The zero-order valence-electron chi connectivity index (χ0n) is 13.4. The van der Waals surface area contributed by atoms with E-state index in [9.17, 15) is 0 Å². The van der Waals surface area contributed by atoms with Gasteiger partial charge in [-0.05, 0) is 44.2 Å². The molecule has 0 fully saturated rings. The molecule has 1 aliphatic rings. The average Bonchev–Trinajstić information content (AvgIpc) is 2.51. The monoisotopic (exact) mass is 293 g/mol. The standard InChI is InChI=1S/C16H27N3O2/c1-12(21-3)8-16-18-11-14-9-13(4-5-15(14)19-16)10-17-6-7-20-2/h11-13,17H,4-10H2,1-3H3. The molecule has 1 aliphatic carbocycles. The average molecular weight is 293 g/mol. The van der Waals surface area contributed by atoms with E-state index in [-0.39, 0.29) is 6.10 Å². The normalized spacial score (nSPS) is 19.3. The smallest absolute Gasteiger partial charge is 0.131 e. The Labute approximate surface area is 127 Å². The summed E-state index contributed by atoms with van der Waals surface area (Å²) < 4.78 is 10.3. The Morgan fingerprint density at radius 1 is 1.43 bits per heavy atom. The van der Waals surface area contributed by atoms with Gasteiger partial charge in [0.2, 0.25) is 0 Å². The van der Waals surface area contributed by atoms with Crippen LogP contribution in [0.2, 0.25) is 0 Å². The van der Waals surface area contributed by atoms with Crippen molar-refractivity contribution in [1.29, 1.82) is 0 Å². The Morgan fingerprint density at radius 3 is 3.05 bits per heavy atom. The molecule has 1 heterocycles. The van der Waals surface area contributed by atoms with Crippen molar-refractivity contribution in [2.75, 3.05) is 33.9 Å². The number of ether oxygens (including phenoxy) is 2. The SMILES string of the molecule is COCCNCC1CCc2nc(CC(C)OC)ncc2C1. The fourth-order valence-corrected chi connectivity index (χ4v) is 2.72. The summed E-state index contributed by atoms with van der Waals surface area (Å²) in [4.78, 5) is 9.21. The maximum absolute atomic E-state index is 5.28. The van der Waals surface area contributed by atoms with Gasteiger partial charge < -0.3 is 14.8 Å². The fraction of sp³-hybridized carbons (Fsp3) is 0.750. The van der Waals surface area contributed by atoms with Gasteiger partial charge in [0, 0.05) is 39.1 Å². The predicted octanol–water partition coefficient (Wildman–Crippen LogP) is 1.39. The number of nitrogens with one attached hydrogen (secondary N) is 1. The topological polar surface area (TPSA) is 56.3 Å². The summed E-state index contributed by atoms with van der Waals surface area (Å²) in [5, 5.41) is 3.45. The predicted molar refractivity (Wildman–Crippen MR) is 82.5 cm³/mol. The molecule has 2 unspecified atom stereocenters. The number of aryl methyl sites for hydroxylation is 1. The van der Waals surface area contributed by atoms with Crippen molar-refractivity contribution < 1.29 is 9.47 Å². The van der Waals surface area contributed by atoms with Crippen LogP contribution < -0.4 is 5.32 Å². The maximum atomic E-state index is 5.28. The number of aromatic nitrogens is 2. The molecule has 2 atom stereocenters. The molecular weight excluding hydrogens is 266 g/mol. The van der Waals surface area contributed by atoms with Gasteiger partial charge in [0.05, 0.1) is 12.7 Å². The van der Waals surface area contributed by atoms with E-state index >= 15 is 0 Å². The van der Waals surface area contributed by atoms with Crippen LogP contribution in [-0.2, 0) is 28.7 Å². The van der Waals surface area contributed by atoms with Crippen molar-refractivity contribution in [3.05, 3.63) is 23.3 Å². The zero-order chi connectivity index (χ0) is 15.1. The molecule has 1 aromatic rings. The van der Waals surface area contributed by atoms with Crippen molar-refractivity contribution in [2.45, 2.75) is 38.7 Å². The number of hydrogen-bond donors (Lipinski definition) is 1. The van der Waals surface area contributed by atoms with Crippen LogP contribution in [0.1, 0.15) is 30.4 Å². The van der Waals surface area contributed by atoms with Crippen LogP contribution >= 0.6 is 0 Å². The minimum atomic E-state index is 0.171. The van der Waals surface area contributed by atoms with E-state index in [1.807, 2.05) is 13.1 Å². The fourth-order valence-electron chi connectivity index (χ4n) is 2.72. The third kappa shape index (κ3) is 5.02. The molecule has 0 amide bonds. The second-order valence-corrected chi connectivity index (χ2v) is 5.81. The molecule has 5 heteroatoms. The summed E-state index contributed by atoms with van der Waals surface area (Å²) in [6, 6.07) is 0. The zero-order valence-corrected chi connectivity index (χ0v) is 13.4. The van der Waals surface area contributed by atoms with E-state index in [1.165, 1.54) is 17.7 Å². The molecule has 0 aliphatic heterocycles. The van der Waals surface area contributed by atoms with E-state index in [0.29, 0.717) is 5.92 Å². The number of rotatable bonds is 8. The molecule has 0 radical (unpaired) electrons. The summed E-state index contributed by atoms with van der Waals surface area (Å²) in [6.07, 6.45) is 6.30. The summed E-state index contributed by atoms with van der Waals surface area (Å²) in [7, 11) is 3.46. The molecule has 0 aromatic carbocycles. The van der Waals surface area contributed by atoms with Gasteiger partial charge in [0.25, 0.3) is 0 Å². The lowest BCUT2D eigenvalue weighted by Crippen LogP contribution is -2.30. The number of fused-ring (bicyclic) bond motifs is 1. The molecule has 2 rings (SSSR count). The molecule has 1 N–H and O–H groups in total. The Bertz CT molecular complexity index is 440. The van der Waals surface area contributed by atoms with Gasteiger partial charge in [-0.1, -0.05) is 0 Å². The van der Waals surface area contributed by atoms with E-state index in [0.717, 1.165) is 44.8 Å². The first-order valence-corrected chi connectivity index (χ1v) is 7.79. The highest BCUT2D eigenvalue weighted by Crippen LogP contribution is 2.23. The third-order valence-electron chi connectivity index (χ3n) is 4.09. The van der Waals surface area contributed by atoms with Crippen molar-refractivity contribution in [3.63, 3.8) is 0 Å². The summed E-state index contributed by atoms with van der Waals surface area (Å²) in [6.45, 7) is 4.79. The van der Waals surface area contributed by atoms with Gasteiger partial charge in [-0.3, -0.25) is 0 Å². The van der Waals surface area contributed by atoms with Crippen LogP contribution in [0.4, 0.5) is 0 Å². The summed E-state index contributed by atoms with van der Waals surface area (Å²) >= 11 is 0. The Balaban J connectivity index is 1.87. The molecule has 118 valence electrons. The van der Waals surface area contributed by atoms with Crippen LogP contribution in [0, 0.1) is 5.92 Å². The van der Waals surface area contributed by atoms with E-state index < -0.39 is 0 Å². The molecule has 1 aromatic heterocycles. The molecule has 0 saturated carbocycles. The molecular formula is C16H27N3O2. The first-order chi connectivity index (χ1) is 10.2. The van der Waals surface area contributed by atoms with E-state index in [4.69, 9.17) is 14.5 Å². The number of hydrogen-bond acceptors (Lipinski definition) is 5. The summed E-state index contributed by atoms with van der Waals surface area (Å²) in [5.41, 5.74) is 2.55. The number of nitrogens with zero attached hydrogens (tertiary/aromatic N) is 2. The van der Waals surface area contributed by atoms with Gasteiger partial charge in [0.1, 0.15) is 5.82 Å². The highest BCUT2D eigenvalue weighted by Gasteiger charge is 2.20. The van der Waals surface area contributed by atoms with Crippen LogP contribution in [0.3, 0.4) is 0 Å². The quantitative estimate of drug-likeness (QED) is 0.734. The van der Waals surface area contributed by atoms with Gasteiger partial charge in [0.15, 0.2) is 0 Å². The van der Waals surface area contributed by atoms with Crippen LogP contribution in [0.5, 0.6) is 0 Å². The lowest BCUT2D eigenvalue weighted by atomic mass is 9.87. The van der Waals surface area contributed by atoms with Crippen molar-refractivity contribution in [2.24, 2.45) is 5.92 Å². The van der Waals surface area contributed by atoms with Crippen molar-refractivity contribution in [3.8, 4) is 0 Å². The Kier molecular flexibility index (Phi) is 6.54. The molecule has 21 heavy (non-hydrogen) atoms. The first kappa shape index (κ1) is 16.3. The van der Waals surface area contributed by atoms with Crippen LogP contribution in [0.15, 0.2) is 6.20 Å². The minimum Gasteiger partial charge on any atom is -0.383 e. The van der Waals surface area contributed by atoms with Crippen LogP contribution in [0.25, 0.3) is 0 Å². The molecule has 5 nitrogen and oxygen atoms in total. The number of methoxy groups -OCH3 is 2. The lowest BCUT2D eigenvalue weighted by molar-refractivity contribution is 0.117. The van der Waals surface area contributed by atoms with E-state index in [1.54, 1.807) is 14.2 Å².